The monoisotopic (exact) mass is 454 g/mol. The Morgan fingerprint density at radius 1 is 1.12 bits per heavy atom. The average Bonchev–Trinajstić information content (AvgIpc) is 2.77. The average molecular weight is 455 g/mol. The van der Waals surface area contributed by atoms with Gasteiger partial charge in [-0.05, 0) is 45.0 Å². The molecule has 0 bridgehead atoms. The highest BCUT2D eigenvalue weighted by Gasteiger charge is 2.43. The van der Waals surface area contributed by atoms with E-state index in [2.05, 4.69) is 16.8 Å². The fraction of sp³-hybridized carbons (Fsp3) is 0.435. The third-order valence-corrected chi connectivity index (χ3v) is 8.46. The van der Waals surface area contributed by atoms with Gasteiger partial charge >= 0.3 is 0 Å². The van der Waals surface area contributed by atoms with Gasteiger partial charge in [-0.25, -0.2) is 18.4 Å². The Morgan fingerprint density at radius 3 is 2.72 bits per heavy atom. The molecule has 2 aliphatic rings. The van der Waals surface area contributed by atoms with Crippen LogP contribution in [0.4, 0.5) is 5.82 Å². The molecule has 8 nitrogen and oxygen atoms in total. The lowest BCUT2D eigenvalue weighted by molar-refractivity contribution is 0.0482. The van der Waals surface area contributed by atoms with Gasteiger partial charge in [0.25, 0.3) is 0 Å². The molecule has 9 heteroatoms. The van der Waals surface area contributed by atoms with Gasteiger partial charge < -0.3 is 14.4 Å². The minimum Gasteiger partial charge on any atom is -0.486 e. The number of rotatable bonds is 3. The predicted octanol–water partition coefficient (Wildman–Crippen LogP) is 2.96. The van der Waals surface area contributed by atoms with Gasteiger partial charge in [-0.1, -0.05) is 6.07 Å². The first-order chi connectivity index (χ1) is 15.2. The maximum atomic E-state index is 12.8. The highest BCUT2D eigenvalue weighted by molar-refractivity contribution is 7.91. The van der Waals surface area contributed by atoms with E-state index < -0.39 is 14.6 Å². The van der Waals surface area contributed by atoms with E-state index in [1.165, 1.54) is 6.26 Å². The smallest absolute Gasteiger partial charge is 0.185 e. The van der Waals surface area contributed by atoms with E-state index in [0.717, 1.165) is 16.5 Å². The van der Waals surface area contributed by atoms with Crippen LogP contribution in [0.15, 0.2) is 36.5 Å². The van der Waals surface area contributed by atoms with Crippen molar-refractivity contribution < 1.29 is 17.9 Å². The number of fused-ring (bicyclic) bond motifs is 4. The number of hydrogen-bond acceptors (Lipinski definition) is 8. The van der Waals surface area contributed by atoms with Crippen LogP contribution >= 0.6 is 0 Å². The predicted molar refractivity (Wildman–Crippen MR) is 123 cm³/mol. The van der Waals surface area contributed by atoms with E-state index in [1.807, 2.05) is 30.3 Å². The third-order valence-electron chi connectivity index (χ3n) is 6.41. The molecule has 2 aliphatic heterocycles. The maximum absolute atomic E-state index is 12.8. The van der Waals surface area contributed by atoms with Crippen LogP contribution in [0.1, 0.15) is 26.5 Å². The van der Waals surface area contributed by atoms with Crippen LogP contribution in [0.2, 0.25) is 0 Å². The molecule has 0 N–H and O–H groups in total. The van der Waals surface area contributed by atoms with Crippen LogP contribution in [-0.2, 0) is 19.3 Å². The zero-order valence-electron chi connectivity index (χ0n) is 18.6. The van der Waals surface area contributed by atoms with Crippen molar-refractivity contribution in [3.8, 4) is 17.1 Å². The molecule has 0 amide bonds. The molecule has 1 saturated heterocycles. The van der Waals surface area contributed by atoms with Crippen molar-refractivity contribution in [3.63, 3.8) is 0 Å². The number of ether oxygens (including phenoxy) is 2. The Morgan fingerprint density at radius 2 is 1.94 bits per heavy atom. The van der Waals surface area contributed by atoms with E-state index in [0.29, 0.717) is 42.9 Å². The number of pyridine rings is 1. The Hall–Kier alpha value is -2.78. The second-order valence-corrected chi connectivity index (χ2v) is 11.6. The van der Waals surface area contributed by atoms with Crippen molar-refractivity contribution in [2.75, 3.05) is 31.0 Å². The number of benzene rings is 1. The van der Waals surface area contributed by atoms with Crippen molar-refractivity contribution in [3.05, 3.63) is 42.2 Å². The summed E-state index contributed by atoms with van der Waals surface area (Å²) in [5, 5.41) is 0.962. The van der Waals surface area contributed by atoms with Gasteiger partial charge in [0.1, 0.15) is 17.0 Å². The van der Waals surface area contributed by atoms with E-state index in [4.69, 9.17) is 19.4 Å². The molecule has 5 rings (SSSR count). The first kappa shape index (κ1) is 21.1. The zero-order chi connectivity index (χ0) is 22.7. The van der Waals surface area contributed by atoms with Crippen LogP contribution < -0.4 is 9.64 Å². The minimum absolute atomic E-state index is 0.0176. The van der Waals surface area contributed by atoms with Gasteiger partial charge in [0.05, 0.1) is 30.8 Å². The molecular weight excluding hydrogens is 428 g/mol. The van der Waals surface area contributed by atoms with Crippen molar-refractivity contribution in [2.24, 2.45) is 0 Å². The fourth-order valence-electron chi connectivity index (χ4n) is 4.26. The van der Waals surface area contributed by atoms with Gasteiger partial charge in [-0.3, -0.25) is 4.98 Å². The molecule has 0 radical (unpaired) electrons. The second kappa shape index (κ2) is 7.38. The molecule has 0 spiro atoms. The summed E-state index contributed by atoms with van der Waals surface area (Å²) in [5.74, 6) is 1.53. The zero-order valence-corrected chi connectivity index (χ0v) is 19.4. The Bertz CT molecular complexity index is 1310. The van der Waals surface area contributed by atoms with Crippen molar-refractivity contribution in [1.82, 2.24) is 15.0 Å². The van der Waals surface area contributed by atoms with Gasteiger partial charge in [0.2, 0.25) is 0 Å². The number of nitrogens with zero attached hydrogens (tertiary/aromatic N) is 4. The van der Waals surface area contributed by atoms with Gasteiger partial charge in [-0.2, -0.15) is 0 Å². The molecule has 1 fully saturated rings. The molecule has 4 heterocycles. The molecule has 0 unspecified atom stereocenters. The van der Waals surface area contributed by atoms with E-state index in [9.17, 15) is 8.42 Å². The summed E-state index contributed by atoms with van der Waals surface area (Å²) in [4.78, 5) is 16.2. The highest BCUT2D eigenvalue weighted by Crippen LogP contribution is 2.44. The summed E-state index contributed by atoms with van der Waals surface area (Å²) in [6.45, 7) is 6.91. The maximum Gasteiger partial charge on any atom is 0.185 e. The van der Waals surface area contributed by atoms with Crippen LogP contribution in [0.5, 0.6) is 5.75 Å². The molecule has 2 aromatic heterocycles. The quantitative estimate of drug-likeness (QED) is 0.596. The number of aromatic nitrogens is 3. The Kier molecular flexibility index (Phi) is 4.86. The summed E-state index contributed by atoms with van der Waals surface area (Å²) >= 11 is 0. The molecule has 0 saturated carbocycles. The van der Waals surface area contributed by atoms with Crippen LogP contribution in [-0.4, -0.2) is 61.5 Å². The number of hydrogen-bond donors (Lipinski definition) is 0. The summed E-state index contributed by atoms with van der Waals surface area (Å²) in [6, 6.07) is 9.77. The topological polar surface area (TPSA) is 94.5 Å². The molecule has 1 aromatic carbocycles. The first-order valence-corrected chi connectivity index (χ1v) is 12.5. The van der Waals surface area contributed by atoms with Crippen LogP contribution in [0, 0.1) is 0 Å². The molecule has 168 valence electrons. The van der Waals surface area contributed by atoms with Gasteiger partial charge in [-0.15, -0.1) is 0 Å². The standard InChI is InChI=1S/C23H26N4O4S/c1-14-11-30-12-17-13-31-19-20(23(2,3)32(4,28)29)25-21(26-22(19)27(14)17)16-7-8-18-15(10-16)6-5-9-24-18/h5-10,14,17H,11-13H2,1-4H3/t14-,17+/m1/s1. The number of morpholine rings is 1. The van der Waals surface area contributed by atoms with Crippen molar-refractivity contribution >= 4 is 26.6 Å². The Balaban J connectivity index is 1.76. The first-order valence-electron chi connectivity index (χ1n) is 10.6. The summed E-state index contributed by atoms with van der Waals surface area (Å²) < 4.78 is 36.1. The lowest BCUT2D eigenvalue weighted by Crippen LogP contribution is -2.56. The molecular formula is C23H26N4O4S. The summed E-state index contributed by atoms with van der Waals surface area (Å²) in [5.41, 5.74) is 2.04. The SMILES string of the molecule is C[C@@H]1COC[C@H]2COc3c(nc(-c4ccc5ncccc5c4)nc3C(C)(C)S(C)(=O)=O)N21. The molecule has 0 aliphatic carbocycles. The second-order valence-electron chi connectivity index (χ2n) is 9.00. The molecule has 2 atom stereocenters. The van der Waals surface area contributed by atoms with Gasteiger partial charge in [0.15, 0.2) is 27.2 Å². The van der Waals surface area contributed by atoms with Gasteiger partial charge in [0, 0.05) is 23.4 Å². The van der Waals surface area contributed by atoms with E-state index in [-0.39, 0.29) is 12.1 Å². The van der Waals surface area contributed by atoms with Crippen molar-refractivity contribution in [1.29, 1.82) is 0 Å². The van der Waals surface area contributed by atoms with E-state index in [1.54, 1.807) is 20.0 Å². The van der Waals surface area contributed by atoms with Crippen LogP contribution in [0.3, 0.4) is 0 Å². The fourth-order valence-corrected chi connectivity index (χ4v) is 4.75. The lowest BCUT2D eigenvalue weighted by atomic mass is 10.0. The lowest BCUT2D eigenvalue weighted by Gasteiger charge is -2.45. The number of sulfone groups is 1. The van der Waals surface area contributed by atoms with E-state index >= 15 is 0 Å². The Labute approximate surface area is 187 Å². The van der Waals surface area contributed by atoms with Crippen LogP contribution in [0.25, 0.3) is 22.3 Å². The number of anilines is 1. The minimum atomic E-state index is -3.49. The van der Waals surface area contributed by atoms with Crippen molar-refractivity contribution in [2.45, 2.75) is 37.6 Å². The summed E-state index contributed by atoms with van der Waals surface area (Å²) in [6.07, 6.45) is 2.98. The largest absolute Gasteiger partial charge is 0.486 e. The third kappa shape index (κ3) is 3.31. The molecule has 32 heavy (non-hydrogen) atoms. The molecule has 3 aromatic rings. The normalized spacial score (nSPS) is 21.1. The summed E-state index contributed by atoms with van der Waals surface area (Å²) in [7, 11) is -3.49. The highest BCUT2D eigenvalue weighted by atomic mass is 32.2.